The monoisotopic (exact) mass is 544 g/mol. The Morgan fingerprint density at radius 1 is 1.13 bits per heavy atom. The van der Waals surface area contributed by atoms with Crippen LogP contribution < -0.4 is 0 Å². The van der Waals surface area contributed by atoms with Gasteiger partial charge < -0.3 is 29.5 Å². The first-order valence-electron chi connectivity index (χ1n) is 14.3. The van der Waals surface area contributed by atoms with Gasteiger partial charge in [-0.3, -0.25) is 14.4 Å². The fourth-order valence-electron chi connectivity index (χ4n) is 9.73. The second kappa shape index (κ2) is 8.10. The molecule has 3 heterocycles. The van der Waals surface area contributed by atoms with Crippen LogP contribution in [0.5, 0.6) is 0 Å². The Hall–Kier alpha value is -1.91. The number of fused-ring (bicyclic) bond motifs is 8. The van der Waals surface area contributed by atoms with E-state index >= 15 is 0 Å². The van der Waals surface area contributed by atoms with Crippen molar-refractivity contribution in [2.75, 3.05) is 6.61 Å². The van der Waals surface area contributed by atoms with Gasteiger partial charge in [-0.05, 0) is 70.3 Å². The van der Waals surface area contributed by atoms with Crippen molar-refractivity contribution in [2.45, 2.75) is 108 Å². The van der Waals surface area contributed by atoms with Crippen LogP contribution in [0.1, 0.15) is 73.1 Å². The van der Waals surface area contributed by atoms with Gasteiger partial charge in [-0.25, -0.2) is 0 Å². The first kappa shape index (κ1) is 27.3. The molecule has 3 aliphatic heterocycles. The summed E-state index contributed by atoms with van der Waals surface area (Å²) in [5.74, 6) is -6.81. The van der Waals surface area contributed by atoms with E-state index < -0.39 is 75.1 Å². The average molecular weight is 545 g/mol. The van der Waals surface area contributed by atoms with E-state index in [1.54, 1.807) is 39.8 Å². The Morgan fingerprint density at radius 3 is 2.51 bits per heavy atom. The Bertz CT molecular complexity index is 1210. The third kappa shape index (κ3) is 2.96. The fourth-order valence-corrected chi connectivity index (χ4v) is 9.73. The third-order valence-corrected chi connectivity index (χ3v) is 11.6. The van der Waals surface area contributed by atoms with Gasteiger partial charge in [0, 0.05) is 6.61 Å². The summed E-state index contributed by atoms with van der Waals surface area (Å²) in [6.07, 6.45) is 4.05. The molecule has 3 N–H and O–H groups in total. The van der Waals surface area contributed by atoms with Gasteiger partial charge in [-0.2, -0.15) is 0 Å². The maximum atomic E-state index is 14.8. The van der Waals surface area contributed by atoms with Gasteiger partial charge in [0.2, 0.25) is 5.79 Å². The molecule has 9 nitrogen and oxygen atoms in total. The van der Waals surface area contributed by atoms with Crippen LogP contribution in [0.3, 0.4) is 0 Å². The molecule has 0 aromatic heterocycles. The Labute approximate surface area is 228 Å². The van der Waals surface area contributed by atoms with Crippen molar-refractivity contribution in [2.24, 2.45) is 28.6 Å². The highest BCUT2D eigenvalue weighted by atomic mass is 16.7. The molecule has 39 heavy (non-hydrogen) atoms. The molecule has 9 heteroatoms. The average Bonchev–Trinajstić information content (AvgIpc) is 3.13. The van der Waals surface area contributed by atoms with Crippen LogP contribution in [-0.2, 0) is 28.6 Å². The molecular weight excluding hydrogens is 504 g/mol. The number of carbonyl (C=O) groups is 3. The smallest absolute Gasteiger partial charge is 0.306 e. The molecule has 6 rings (SSSR count). The number of hydrogen-bond donors (Lipinski definition) is 3. The molecule has 11 atom stereocenters. The summed E-state index contributed by atoms with van der Waals surface area (Å²) in [7, 11) is 0. The van der Waals surface area contributed by atoms with E-state index in [0.29, 0.717) is 12.8 Å². The highest BCUT2D eigenvalue weighted by Crippen LogP contribution is 2.71. The molecule has 0 aromatic carbocycles. The maximum Gasteiger partial charge on any atom is 0.306 e. The number of aliphatic hydroxyl groups excluding tert-OH is 1. The summed E-state index contributed by atoms with van der Waals surface area (Å²) >= 11 is 0. The Kier molecular flexibility index (Phi) is 5.66. The minimum atomic E-state index is -2.54. The molecule has 4 fully saturated rings. The van der Waals surface area contributed by atoms with E-state index in [9.17, 15) is 29.7 Å². The zero-order valence-electron chi connectivity index (χ0n) is 23.4. The number of ether oxygens (including phenoxy) is 3. The van der Waals surface area contributed by atoms with Gasteiger partial charge in [-0.15, -0.1) is 0 Å². The van der Waals surface area contributed by atoms with E-state index in [2.05, 4.69) is 0 Å². The summed E-state index contributed by atoms with van der Waals surface area (Å²) in [5, 5.41) is 36.8. The molecule has 1 spiro atoms. The van der Waals surface area contributed by atoms with Crippen molar-refractivity contribution >= 4 is 17.5 Å². The van der Waals surface area contributed by atoms with Crippen molar-refractivity contribution in [3.63, 3.8) is 0 Å². The number of rotatable bonds is 3. The largest absolute Gasteiger partial charge is 0.459 e. The number of aliphatic hydroxyl groups is 3. The highest BCUT2D eigenvalue weighted by Gasteiger charge is 2.86. The number of ketones is 2. The summed E-state index contributed by atoms with van der Waals surface area (Å²) in [6, 6.07) is 0. The zero-order valence-corrected chi connectivity index (χ0v) is 23.4. The van der Waals surface area contributed by atoms with Crippen LogP contribution in [0.15, 0.2) is 23.8 Å². The lowest BCUT2D eigenvalue weighted by molar-refractivity contribution is -0.388. The number of Topliss-reactive ketones (excluding diaryl/α,β-unsaturated/α-hetero) is 1. The molecule has 6 aliphatic rings. The molecule has 3 aliphatic carbocycles. The molecule has 3 saturated heterocycles. The maximum absolute atomic E-state index is 14.8. The summed E-state index contributed by atoms with van der Waals surface area (Å²) < 4.78 is 18.9. The lowest BCUT2D eigenvalue weighted by Crippen LogP contribution is -2.80. The van der Waals surface area contributed by atoms with E-state index in [4.69, 9.17) is 14.2 Å². The van der Waals surface area contributed by atoms with E-state index in [-0.39, 0.29) is 38.1 Å². The van der Waals surface area contributed by atoms with Crippen LogP contribution in [0.25, 0.3) is 0 Å². The SMILES string of the molecule is CCO[C@@]1(C)C2C[C@](C)(CC(=O)O2)C2C(=O)[C@]3(O)O[C@@]21[C@](O)(CC)CCC1C3[C@@H](O)C=C2CC=CC(=O)[C@@]21C. The van der Waals surface area contributed by atoms with Gasteiger partial charge in [0.1, 0.15) is 17.3 Å². The quantitative estimate of drug-likeness (QED) is 0.360. The molecule has 0 amide bonds. The molecule has 214 valence electrons. The molecule has 4 unspecified atom stereocenters. The van der Waals surface area contributed by atoms with E-state index in [0.717, 1.165) is 5.57 Å². The number of hydrogen-bond acceptors (Lipinski definition) is 9. The topological polar surface area (TPSA) is 140 Å². The van der Waals surface area contributed by atoms with Crippen LogP contribution in [0, 0.1) is 28.6 Å². The number of allylic oxidation sites excluding steroid dienone is 3. The van der Waals surface area contributed by atoms with Crippen molar-refractivity contribution < 1.29 is 43.9 Å². The van der Waals surface area contributed by atoms with E-state index in [1.807, 2.05) is 6.92 Å². The first-order valence-corrected chi connectivity index (χ1v) is 14.3. The zero-order chi connectivity index (χ0) is 28.4. The minimum absolute atomic E-state index is 0.0786. The molecular formula is C30H40O9. The summed E-state index contributed by atoms with van der Waals surface area (Å²) in [6.45, 7) is 9.09. The van der Waals surface area contributed by atoms with Gasteiger partial charge in [0.15, 0.2) is 11.6 Å². The summed E-state index contributed by atoms with van der Waals surface area (Å²) in [4.78, 5) is 41.1. The molecule has 0 radical (unpaired) electrons. The van der Waals surface area contributed by atoms with Crippen molar-refractivity contribution in [1.29, 1.82) is 0 Å². The standard InChI is InChI=1S/C30H40O9/c1-6-28(35)12-11-17-22(18(31)13-16-9-8-10-19(32)26(16,17)4)29(36)24(34)23-25(3)14-20(38-21(33)15-25)27(5,37-7-2)30(23,28)39-29/h8,10,13,17-18,20,22-23,31,35-36H,6-7,9,11-12,14-15H2,1-5H3/t17?,18-,20?,22?,23?,25+,26-,27-,28-,29+,30-/m0/s1. The molecule has 1 saturated carbocycles. The summed E-state index contributed by atoms with van der Waals surface area (Å²) in [5.41, 5.74) is -6.27. The second-order valence-electron chi connectivity index (χ2n) is 13.3. The lowest BCUT2D eigenvalue weighted by Gasteiger charge is -2.66. The lowest BCUT2D eigenvalue weighted by atomic mass is 9.47. The third-order valence-electron chi connectivity index (χ3n) is 11.6. The van der Waals surface area contributed by atoms with Gasteiger partial charge >= 0.3 is 5.97 Å². The molecule has 4 bridgehead atoms. The number of esters is 1. The fraction of sp³-hybridized carbons (Fsp3) is 0.767. The predicted molar refractivity (Wildman–Crippen MR) is 137 cm³/mol. The van der Waals surface area contributed by atoms with Gasteiger partial charge in [0.25, 0.3) is 0 Å². The van der Waals surface area contributed by atoms with Crippen LogP contribution in [0.2, 0.25) is 0 Å². The Morgan fingerprint density at radius 2 is 1.85 bits per heavy atom. The normalized spacial score (nSPS) is 54.1. The van der Waals surface area contributed by atoms with Crippen LogP contribution in [0.4, 0.5) is 0 Å². The first-order chi connectivity index (χ1) is 18.2. The minimum Gasteiger partial charge on any atom is -0.459 e. The van der Waals surface area contributed by atoms with Gasteiger partial charge in [-0.1, -0.05) is 31.6 Å². The van der Waals surface area contributed by atoms with E-state index in [1.165, 1.54) is 6.08 Å². The molecule has 0 aromatic rings. The van der Waals surface area contributed by atoms with Crippen LogP contribution in [-0.4, -0.2) is 74.3 Å². The van der Waals surface area contributed by atoms with Crippen molar-refractivity contribution in [3.05, 3.63) is 23.8 Å². The number of carbonyl (C=O) groups excluding carboxylic acids is 3. The highest BCUT2D eigenvalue weighted by molar-refractivity contribution is 5.99. The Balaban J connectivity index is 1.64. The predicted octanol–water partition coefficient (Wildman–Crippen LogP) is 2.15. The van der Waals surface area contributed by atoms with Crippen molar-refractivity contribution in [3.8, 4) is 0 Å². The van der Waals surface area contributed by atoms with Gasteiger partial charge in [0.05, 0.1) is 35.4 Å². The second-order valence-corrected chi connectivity index (χ2v) is 13.3. The van der Waals surface area contributed by atoms with Crippen LogP contribution >= 0.6 is 0 Å². The van der Waals surface area contributed by atoms with Crippen molar-refractivity contribution in [1.82, 2.24) is 0 Å².